The standard InChI is InChI=1S/C10H7F3O/c11-10(12,13)9(7-14)6-8-4-2-1-3-5-8/h1-7H. The van der Waals surface area contributed by atoms with Crippen molar-refractivity contribution in [2.24, 2.45) is 0 Å². The minimum atomic E-state index is -4.59. The van der Waals surface area contributed by atoms with Crippen LogP contribution in [0.15, 0.2) is 35.9 Å². The molecule has 0 spiro atoms. The molecule has 1 nitrogen and oxygen atoms in total. The summed E-state index contributed by atoms with van der Waals surface area (Å²) in [4.78, 5) is 10.2. The third-order valence-corrected chi connectivity index (χ3v) is 1.58. The zero-order valence-electron chi connectivity index (χ0n) is 7.08. The summed E-state index contributed by atoms with van der Waals surface area (Å²) in [7, 11) is 0. The van der Waals surface area contributed by atoms with E-state index in [2.05, 4.69) is 0 Å². The number of alkyl halides is 3. The molecule has 74 valence electrons. The maximum absolute atomic E-state index is 12.1. The average Bonchev–Trinajstić information content (AvgIpc) is 2.14. The second-order valence-corrected chi connectivity index (χ2v) is 2.63. The van der Waals surface area contributed by atoms with Crippen molar-refractivity contribution in [2.45, 2.75) is 6.18 Å². The highest BCUT2D eigenvalue weighted by atomic mass is 19.4. The average molecular weight is 200 g/mol. The van der Waals surface area contributed by atoms with Crippen LogP contribution in [-0.2, 0) is 4.79 Å². The van der Waals surface area contributed by atoms with E-state index >= 15 is 0 Å². The molecule has 0 bridgehead atoms. The van der Waals surface area contributed by atoms with Crippen molar-refractivity contribution in [2.75, 3.05) is 0 Å². The molecule has 14 heavy (non-hydrogen) atoms. The summed E-state index contributed by atoms with van der Waals surface area (Å²) in [6, 6.07) is 7.88. The molecule has 1 aromatic carbocycles. The van der Waals surface area contributed by atoms with Gasteiger partial charge in [0, 0.05) is 0 Å². The number of carbonyl (C=O) groups is 1. The van der Waals surface area contributed by atoms with Gasteiger partial charge in [0.25, 0.3) is 0 Å². The molecular weight excluding hydrogens is 193 g/mol. The van der Waals surface area contributed by atoms with Crippen LogP contribution in [0.25, 0.3) is 6.08 Å². The molecule has 0 atom stereocenters. The summed E-state index contributed by atoms with van der Waals surface area (Å²) < 4.78 is 36.3. The van der Waals surface area contributed by atoms with Crippen LogP contribution in [0.5, 0.6) is 0 Å². The molecule has 0 radical (unpaired) electrons. The lowest BCUT2D eigenvalue weighted by molar-refractivity contribution is -0.118. The monoisotopic (exact) mass is 200 g/mol. The van der Waals surface area contributed by atoms with E-state index in [0.29, 0.717) is 5.56 Å². The van der Waals surface area contributed by atoms with Gasteiger partial charge in [0.1, 0.15) is 0 Å². The summed E-state index contributed by atoms with van der Waals surface area (Å²) >= 11 is 0. The smallest absolute Gasteiger partial charge is 0.298 e. The Morgan fingerprint density at radius 1 is 1.14 bits per heavy atom. The first-order valence-corrected chi connectivity index (χ1v) is 3.83. The van der Waals surface area contributed by atoms with Crippen molar-refractivity contribution in [1.82, 2.24) is 0 Å². The van der Waals surface area contributed by atoms with Gasteiger partial charge < -0.3 is 0 Å². The van der Waals surface area contributed by atoms with E-state index in [1.165, 1.54) is 12.1 Å². The second kappa shape index (κ2) is 4.09. The van der Waals surface area contributed by atoms with Crippen molar-refractivity contribution in [3.8, 4) is 0 Å². The molecule has 0 aromatic heterocycles. The van der Waals surface area contributed by atoms with Crippen LogP contribution in [0.2, 0.25) is 0 Å². The molecule has 0 saturated carbocycles. The number of rotatable bonds is 2. The second-order valence-electron chi connectivity index (χ2n) is 2.63. The third kappa shape index (κ3) is 2.73. The Hall–Kier alpha value is -1.58. The molecule has 0 fully saturated rings. The van der Waals surface area contributed by atoms with Crippen LogP contribution in [0.3, 0.4) is 0 Å². The summed E-state index contributed by atoms with van der Waals surface area (Å²) in [5.41, 5.74) is -0.823. The van der Waals surface area contributed by atoms with Crippen LogP contribution < -0.4 is 0 Å². The van der Waals surface area contributed by atoms with Crippen LogP contribution >= 0.6 is 0 Å². The molecule has 1 rings (SSSR count). The van der Waals surface area contributed by atoms with Crippen molar-refractivity contribution in [3.63, 3.8) is 0 Å². The number of benzene rings is 1. The summed E-state index contributed by atoms with van der Waals surface area (Å²) in [5, 5.41) is 0. The van der Waals surface area contributed by atoms with Gasteiger partial charge in [-0.3, -0.25) is 4.79 Å². The van der Waals surface area contributed by atoms with Gasteiger partial charge in [0.05, 0.1) is 5.57 Å². The van der Waals surface area contributed by atoms with Crippen LogP contribution in [-0.4, -0.2) is 12.5 Å². The predicted octanol–water partition coefficient (Wildman–Crippen LogP) is 2.83. The first-order valence-electron chi connectivity index (χ1n) is 3.83. The lowest BCUT2D eigenvalue weighted by atomic mass is 10.1. The molecule has 0 aliphatic carbocycles. The van der Waals surface area contributed by atoms with E-state index in [4.69, 9.17) is 0 Å². The van der Waals surface area contributed by atoms with E-state index in [0.717, 1.165) is 6.08 Å². The van der Waals surface area contributed by atoms with Crippen LogP contribution in [0, 0.1) is 0 Å². The zero-order chi connectivity index (χ0) is 10.6. The predicted molar refractivity (Wildman–Crippen MR) is 46.5 cm³/mol. The van der Waals surface area contributed by atoms with Gasteiger partial charge in [0.15, 0.2) is 6.29 Å². The molecule has 1 aromatic rings. The summed E-state index contributed by atoms with van der Waals surface area (Å²) in [6.45, 7) is 0. The van der Waals surface area contributed by atoms with Crippen molar-refractivity contribution < 1.29 is 18.0 Å². The van der Waals surface area contributed by atoms with Crippen molar-refractivity contribution >= 4 is 12.4 Å². The van der Waals surface area contributed by atoms with Gasteiger partial charge >= 0.3 is 6.18 Å². The number of hydrogen-bond donors (Lipinski definition) is 0. The van der Waals surface area contributed by atoms with E-state index in [-0.39, 0.29) is 6.29 Å². The largest absolute Gasteiger partial charge is 0.419 e. The topological polar surface area (TPSA) is 17.1 Å². The Bertz CT molecular complexity index is 338. The molecule has 0 heterocycles. The van der Waals surface area contributed by atoms with Crippen molar-refractivity contribution in [1.29, 1.82) is 0 Å². The van der Waals surface area contributed by atoms with Gasteiger partial charge in [-0.1, -0.05) is 30.3 Å². The molecule has 0 aliphatic rings. The zero-order valence-corrected chi connectivity index (χ0v) is 7.08. The van der Waals surface area contributed by atoms with Crippen LogP contribution in [0.1, 0.15) is 5.56 Å². The lowest BCUT2D eigenvalue weighted by Gasteiger charge is -2.04. The Kier molecular flexibility index (Phi) is 3.06. The van der Waals surface area contributed by atoms with Crippen molar-refractivity contribution in [3.05, 3.63) is 41.5 Å². The highest BCUT2D eigenvalue weighted by Crippen LogP contribution is 2.25. The number of hydrogen-bond acceptors (Lipinski definition) is 1. The maximum atomic E-state index is 12.1. The summed E-state index contributed by atoms with van der Waals surface area (Å²) in [5.74, 6) is 0. The Morgan fingerprint density at radius 3 is 2.14 bits per heavy atom. The SMILES string of the molecule is O=CC(=Cc1ccccc1)C(F)(F)F. The van der Waals surface area contributed by atoms with E-state index in [1.807, 2.05) is 0 Å². The Morgan fingerprint density at radius 2 is 1.71 bits per heavy atom. The maximum Gasteiger partial charge on any atom is 0.419 e. The molecule has 0 amide bonds. The highest BCUT2D eigenvalue weighted by Gasteiger charge is 2.33. The Balaban J connectivity index is 3.02. The molecule has 4 heteroatoms. The van der Waals surface area contributed by atoms with E-state index < -0.39 is 11.7 Å². The molecule has 0 N–H and O–H groups in total. The number of carbonyl (C=O) groups excluding carboxylic acids is 1. The minimum absolute atomic E-state index is 0.188. The van der Waals surface area contributed by atoms with Gasteiger partial charge in [-0.2, -0.15) is 13.2 Å². The lowest BCUT2D eigenvalue weighted by Crippen LogP contribution is -2.12. The van der Waals surface area contributed by atoms with Gasteiger partial charge in [-0.15, -0.1) is 0 Å². The number of aldehydes is 1. The fraction of sp³-hybridized carbons (Fsp3) is 0.100. The van der Waals surface area contributed by atoms with Crippen LogP contribution in [0.4, 0.5) is 13.2 Å². The molecule has 0 aliphatic heterocycles. The van der Waals surface area contributed by atoms with Gasteiger partial charge in [0.2, 0.25) is 0 Å². The number of allylic oxidation sites excluding steroid dienone is 1. The first kappa shape index (κ1) is 10.5. The Labute approximate surface area is 78.9 Å². The fourth-order valence-electron chi connectivity index (χ4n) is 0.911. The fourth-order valence-corrected chi connectivity index (χ4v) is 0.911. The summed E-state index contributed by atoms with van der Waals surface area (Å²) in [6.07, 6.45) is -3.96. The number of halogens is 3. The van der Waals surface area contributed by atoms with E-state index in [9.17, 15) is 18.0 Å². The van der Waals surface area contributed by atoms with Gasteiger partial charge in [-0.25, -0.2) is 0 Å². The third-order valence-electron chi connectivity index (χ3n) is 1.58. The minimum Gasteiger partial charge on any atom is -0.298 e. The molecule has 0 saturated heterocycles. The van der Waals surface area contributed by atoms with Gasteiger partial charge in [-0.05, 0) is 11.6 Å². The normalized spacial score (nSPS) is 12.6. The highest BCUT2D eigenvalue weighted by molar-refractivity contribution is 5.83. The quantitative estimate of drug-likeness (QED) is 0.530. The molecular formula is C10H7F3O. The van der Waals surface area contributed by atoms with E-state index in [1.54, 1.807) is 18.2 Å². The first-order chi connectivity index (χ1) is 6.54. The molecule has 0 unspecified atom stereocenters.